The van der Waals surface area contributed by atoms with Crippen LogP contribution in [0.3, 0.4) is 0 Å². The maximum atomic E-state index is 12.5. The number of hydrogen-bond donors (Lipinski definition) is 0. The highest BCUT2D eigenvalue weighted by atomic mass is 16.5. The summed E-state index contributed by atoms with van der Waals surface area (Å²) in [7, 11) is 1.65. The summed E-state index contributed by atoms with van der Waals surface area (Å²) in [6, 6.07) is 9.53. The fraction of sp³-hybridized carbons (Fsp3) is 0.421. The molecule has 25 heavy (non-hydrogen) atoms. The molecular weight excluding hydrogens is 318 g/mol. The average Bonchev–Trinajstić information content (AvgIpc) is 3.06. The molecule has 1 saturated heterocycles. The molecule has 0 aliphatic carbocycles. The predicted octanol–water partition coefficient (Wildman–Crippen LogP) is 2.32. The molecule has 1 aromatic carbocycles. The molecule has 2 aromatic rings. The summed E-state index contributed by atoms with van der Waals surface area (Å²) in [5.74, 6) is 1.46. The van der Waals surface area contributed by atoms with E-state index in [1.165, 1.54) is 0 Å². The van der Waals surface area contributed by atoms with E-state index < -0.39 is 0 Å². The predicted molar refractivity (Wildman–Crippen MR) is 93.8 cm³/mol. The van der Waals surface area contributed by atoms with Gasteiger partial charge in [0.05, 0.1) is 25.8 Å². The van der Waals surface area contributed by atoms with Crippen LogP contribution in [0, 0.1) is 13.8 Å². The van der Waals surface area contributed by atoms with Crippen molar-refractivity contribution in [3.8, 4) is 11.6 Å². The molecule has 132 valence electrons. The first-order chi connectivity index (χ1) is 12.0. The number of carbonyl (C=O) groups excluding carboxylic acids is 1. The van der Waals surface area contributed by atoms with Crippen LogP contribution >= 0.6 is 0 Å². The maximum absolute atomic E-state index is 12.5. The molecule has 1 fully saturated rings. The fourth-order valence-corrected chi connectivity index (χ4v) is 3.01. The van der Waals surface area contributed by atoms with Crippen LogP contribution in [-0.4, -0.2) is 47.3 Å². The van der Waals surface area contributed by atoms with E-state index in [-0.39, 0.29) is 12.0 Å². The third kappa shape index (κ3) is 4.26. The number of rotatable bonds is 5. The lowest BCUT2D eigenvalue weighted by molar-refractivity contribution is -0.129. The number of likely N-dealkylation sites (tertiary alicyclic amines) is 1. The van der Waals surface area contributed by atoms with E-state index in [1.54, 1.807) is 7.11 Å². The molecule has 1 aliphatic rings. The highest BCUT2D eigenvalue weighted by molar-refractivity contribution is 5.79. The largest absolute Gasteiger partial charge is 0.496 e. The van der Waals surface area contributed by atoms with E-state index in [9.17, 15) is 4.79 Å². The molecule has 0 bridgehead atoms. The van der Waals surface area contributed by atoms with Crippen molar-refractivity contribution in [2.45, 2.75) is 32.8 Å². The van der Waals surface area contributed by atoms with Crippen molar-refractivity contribution >= 4 is 5.91 Å². The topological polar surface area (TPSA) is 64.5 Å². The van der Waals surface area contributed by atoms with E-state index in [0.717, 1.165) is 29.0 Å². The van der Waals surface area contributed by atoms with Gasteiger partial charge in [-0.1, -0.05) is 12.1 Å². The molecule has 1 aliphatic heterocycles. The van der Waals surface area contributed by atoms with E-state index >= 15 is 0 Å². The van der Waals surface area contributed by atoms with E-state index in [1.807, 2.05) is 49.1 Å². The van der Waals surface area contributed by atoms with Crippen LogP contribution in [0.4, 0.5) is 0 Å². The first kappa shape index (κ1) is 17.2. The molecule has 0 spiro atoms. The second kappa shape index (κ2) is 7.51. The zero-order valence-corrected chi connectivity index (χ0v) is 14.9. The van der Waals surface area contributed by atoms with Crippen LogP contribution < -0.4 is 9.47 Å². The molecular formula is C19H23N3O3. The van der Waals surface area contributed by atoms with Crippen LogP contribution in [0.2, 0.25) is 0 Å². The van der Waals surface area contributed by atoms with Gasteiger partial charge in [0.25, 0.3) is 0 Å². The summed E-state index contributed by atoms with van der Waals surface area (Å²) in [4.78, 5) is 14.4. The third-order valence-corrected chi connectivity index (χ3v) is 4.37. The third-order valence-electron chi connectivity index (χ3n) is 4.37. The van der Waals surface area contributed by atoms with Gasteiger partial charge in [0.15, 0.2) is 0 Å². The van der Waals surface area contributed by atoms with Gasteiger partial charge in [-0.25, -0.2) is 0 Å². The van der Waals surface area contributed by atoms with Gasteiger partial charge in [-0.3, -0.25) is 4.79 Å². The molecule has 0 unspecified atom stereocenters. The number of carbonyl (C=O) groups is 1. The van der Waals surface area contributed by atoms with Crippen LogP contribution in [-0.2, 0) is 11.2 Å². The Morgan fingerprint density at radius 3 is 2.76 bits per heavy atom. The summed E-state index contributed by atoms with van der Waals surface area (Å²) in [6.45, 7) is 5.16. The molecule has 1 aromatic heterocycles. The zero-order valence-electron chi connectivity index (χ0n) is 14.9. The quantitative estimate of drug-likeness (QED) is 0.835. The Balaban J connectivity index is 1.55. The molecule has 6 nitrogen and oxygen atoms in total. The Labute approximate surface area is 147 Å². The standard InChI is InChI=1S/C19H23N3O3/c1-13-10-15(5-6-17(13)24-3)11-19(23)22-9-8-16(12-22)25-18-7-4-14(2)20-21-18/h4-7,10,16H,8-9,11-12H2,1-3H3/t16-/m0/s1. The van der Waals surface area contributed by atoms with Crippen molar-refractivity contribution in [2.24, 2.45) is 0 Å². The van der Waals surface area contributed by atoms with Crippen molar-refractivity contribution in [3.05, 3.63) is 47.2 Å². The average molecular weight is 341 g/mol. The number of ether oxygens (including phenoxy) is 2. The first-order valence-corrected chi connectivity index (χ1v) is 8.43. The minimum atomic E-state index is -0.0291. The summed E-state index contributed by atoms with van der Waals surface area (Å²) in [5, 5.41) is 8.01. The molecule has 0 N–H and O–H groups in total. The molecule has 1 atom stereocenters. The Morgan fingerprint density at radius 2 is 2.08 bits per heavy atom. The first-order valence-electron chi connectivity index (χ1n) is 8.43. The fourth-order valence-electron chi connectivity index (χ4n) is 3.01. The lowest BCUT2D eigenvalue weighted by atomic mass is 10.1. The van der Waals surface area contributed by atoms with Gasteiger partial charge in [-0.15, -0.1) is 5.10 Å². The SMILES string of the molecule is COc1ccc(CC(=O)N2CC[C@H](Oc3ccc(C)nn3)C2)cc1C. The van der Waals surface area contributed by atoms with Crippen LogP contribution in [0.25, 0.3) is 0 Å². The van der Waals surface area contributed by atoms with Gasteiger partial charge >= 0.3 is 0 Å². The normalized spacial score (nSPS) is 16.8. The molecule has 0 radical (unpaired) electrons. The van der Waals surface area contributed by atoms with Crippen molar-refractivity contribution in [3.63, 3.8) is 0 Å². The summed E-state index contributed by atoms with van der Waals surface area (Å²) in [5.41, 5.74) is 2.89. The number of nitrogens with zero attached hydrogens (tertiary/aromatic N) is 3. The molecule has 1 amide bonds. The highest BCUT2D eigenvalue weighted by Gasteiger charge is 2.28. The Kier molecular flexibility index (Phi) is 5.16. The van der Waals surface area contributed by atoms with Crippen LogP contribution in [0.15, 0.2) is 30.3 Å². The Hall–Kier alpha value is -2.63. The van der Waals surface area contributed by atoms with Gasteiger partial charge < -0.3 is 14.4 Å². The summed E-state index contributed by atoms with van der Waals surface area (Å²) < 4.78 is 11.1. The van der Waals surface area contributed by atoms with Crippen LogP contribution in [0.1, 0.15) is 23.2 Å². The smallest absolute Gasteiger partial charge is 0.233 e. The number of aromatic nitrogens is 2. The molecule has 2 heterocycles. The second-order valence-electron chi connectivity index (χ2n) is 6.36. The van der Waals surface area contributed by atoms with Crippen molar-refractivity contribution in [1.82, 2.24) is 15.1 Å². The number of benzene rings is 1. The van der Waals surface area contributed by atoms with E-state index in [0.29, 0.717) is 25.4 Å². The lowest BCUT2D eigenvalue weighted by Crippen LogP contribution is -2.32. The minimum Gasteiger partial charge on any atom is -0.496 e. The number of methoxy groups -OCH3 is 1. The Morgan fingerprint density at radius 1 is 1.24 bits per heavy atom. The number of amides is 1. The zero-order chi connectivity index (χ0) is 17.8. The number of hydrogen-bond acceptors (Lipinski definition) is 5. The lowest BCUT2D eigenvalue weighted by Gasteiger charge is -2.17. The minimum absolute atomic E-state index is 0.0291. The van der Waals surface area contributed by atoms with Crippen molar-refractivity contribution < 1.29 is 14.3 Å². The van der Waals surface area contributed by atoms with Crippen LogP contribution in [0.5, 0.6) is 11.6 Å². The number of aryl methyl sites for hydroxylation is 2. The van der Waals surface area contributed by atoms with Crippen molar-refractivity contribution in [1.29, 1.82) is 0 Å². The molecule has 3 rings (SSSR count). The van der Waals surface area contributed by atoms with E-state index in [4.69, 9.17) is 9.47 Å². The maximum Gasteiger partial charge on any atom is 0.233 e. The second-order valence-corrected chi connectivity index (χ2v) is 6.36. The van der Waals surface area contributed by atoms with E-state index in [2.05, 4.69) is 10.2 Å². The molecule has 6 heteroatoms. The van der Waals surface area contributed by atoms with Gasteiger partial charge in [0, 0.05) is 19.0 Å². The Bertz CT molecular complexity index is 746. The molecule has 0 saturated carbocycles. The monoisotopic (exact) mass is 341 g/mol. The van der Waals surface area contributed by atoms with Gasteiger partial charge in [0.2, 0.25) is 11.8 Å². The van der Waals surface area contributed by atoms with Gasteiger partial charge in [-0.05, 0) is 37.1 Å². The summed E-state index contributed by atoms with van der Waals surface area (Å²) >= 11 is 0. The van der Waals surface area contributed by atoms with Gasteiger partial charge in [0.1, 0.15) is 11.9 Å². The van der Waals surface area contributed by atoms with Crippen molar-refractivity contribution in [2.75, 3.05) is 20.2 Å². The summed E-state index contributed by atoms with van der Waals surface area (Å²) in [6.07, 6.45) is 1.17. The highest BCUT2D eigenvalue weighted by Crippen LogP contribution is 2.21. The van der Waals surface area contributed by atoms with Gasteiger partial charge in [-0.2, -0.15) is 5.10 Å².